The van der Waals surface area contributed by atoms with E-state index in [-0.39, 0.29) is 28.9 Å². The number of benzene rings is 2. The van der Waals surface area contributed by atoms with Gasteiger partial charge < -0.3 is 10.4 Å². The first-order chi connectivity index (χ1) is 13.3. The second-order valence-corrected chi connectivity index (χ2v) is 6.90. The van der Waals surface area contributed by atoms with Gasteiger partial charge in [-0.2, -0.15) is 5.10 Å². The molecule has 1 aromatic heterocycles. The zero-order valence-electron chi connectivity index (χ0n) is 15.9. The summed E-state index contributed by atoms with van der Waals surface area (Å²) in [4.78, 5) is 36.8. The van der Waals surface area contributed by atoms with Crippen LogP contribution in [0.4, 0.5) is 5.69 Å². The lowest BCUT2D eigenvalue weighted by Crippen LogP contribution is -2.31. The number of carboxylic acid groups (broad SMARTS) is 1. The number of hydrogen-bond acceptors (Lipinski definition) is 4. The van der Waals surface area contributed by atoms with Gasteiger partial charge in [0.1, 0.15) is 6.54 Å². The van der Waals surface area contributed by atoms with Gasteiger partial charge in [-0.1, -0.05) is 50.2 Å². The normalized spacial score (nSPS) is 11.0. The Morgan fingerprint density at radius 3 is 2.43 bits per heavy atom. The lowest BCUT2D eigenvalue weighted by atomic mass is 9.98. The molecule has 0 saturated carbocycles. The van der Waals surface area contributed by atoms with Crippen LogP contribution in [-0.4, -0.2) is 26.8 Å². The predicted molar refractivity (Wildman–Crippen MR) is 107 cm³/mol. The molecule has 7 heteroatoms. The molecular weight excluding hydrogens is 358 g/mol. The van der Waals surface area contributed by atoms with Crippen molar-refractivity contribution in [3.8, 4) is 0 Å². The number of aromatic nitrogens is 2. The van der Waals surface area contributed by atoms with E-state index in [0.29, 0.717) is 5.69 Å². The molecule has 0 fully saturated rings. The Kier molecular flexibility index (Phi) is 5.26. The average molecular weight is 379 g/mol. The number of nitrogens with zero attached hydrogens (tertiary/aromatic N) is 2. The number of carbonyl (C=O) groups is 2. The smallest absolute Gasteiger partial charge is 0.357 e. The number of anilines is 1. The van der Waals surface area contributed by atoms with Crippen LogP contribution in [0.2, 0.25) is 0 Å². The van der Waals surface area contributed by atoms with Crippen LogP contribution in [-0.2, 0) is 11.3 Å². The van der Waals surface area contributed by atoms with Crippen LogP contribution in [0.3, 0.4) is 0 Å². The van der Waals surface area contributed by atoms with Crippen molar-refractivity contribution < 1.29 is 14.7 Å². The lowest BCUT2D eigenvalue weighted by Gasteiger charge is -2.16. The SMILES string of the molecule is Cc1cccc(C(C)C)c1NC(=O)Cn1nc(C(=O)O)c2ccccc2c1=O. The molecule has 0 spiro atoms. The summed E-state index contributed by atoms with van der Waals surface area (Å²) in [6, 6.07) is 12.1. The first-order valence-corrected chi connectivity index (χ1v) is 8.92. The van der Waals surface area contributed by atoms with E-state index in [0.717, 1.165) is 15.8 Å². The molecule has 3 aromatic rings. The Hall–Kier alpha value is -3.48. The predicted octanol–water partition coefficient (Wildman–Crippen LogP) is 3.17. The van der Waals surface area contributed by atoms with E-state index in [1.807, 2.05) is 39.0 Å². The summed E-state index contributed by atoms with van der Waals surface area (Å²) in [6.45, 7) is 5.57. The van der Waals surface area contributed by atoms with Crippen LogP contribution in [0.5, 0.6) is 0 Å². The van der Waals surface area contributed by atoms with Crippen molar-refractivity contribution in [3.05, 3.63) is 69.6 Å². The van der Waals surface area contributed by atoms with Crippen molar-refractivity contribution in [1.82, 2.24) is 9.78 Å². The van der Waals surface area contributed by atoms with E-state index in [9.17, 15) is 19.5 Å². The molecule has 0 atom stereocenters. The fourth-order valence-corrected chi connectivity index (χ4v) is 3.16. The summed E-state index contributed by atoms with van der Waals surface area (Å²) >= 11 is 0. The third kappa shape index (κ3) is 3.64. The van der Waals surface area contributed by atoms with Gasteiger partial charge in [-0.15, -0.1) is 0 Å². The van der Waals surface area contributed by atoms with Crippen LogP contribution < -0.4 is 10.9 Å². The maximum atomic E-state index is 12.7. The Bertz CT molecular complexity index is 1130. The largest absolute Gasteiger partial charge is 0.476 e. The molecule has 2 aromatic carbocycles. The summed E-state index contributed by atoms with van der Waals surface area (Å²) in [5.41, 5.74) is 1.82. The molecule has 0 aliphatic heterocycles. The summed E-state index contributed by atoms with van der Waals surface area (Å²) in [5.74, 6) is -1.50. The van der Waals surface area contributed by atoms with Crippen molar-refractivity contribution in [2.45, 2.75) is 33.2 Å². The lowest BCUT2D eigenvalue weighted by molar-refractivity contribution is -0.117. The number of nitrogens with one attached hydrogen (secondary N) is 1. The van der Waals surface area contributed by atoms with E-state index in [1.165, 1.54) is 12.1 Å². The van der Waals surface area contributed by atoms with Crippen LogP contribution in [0, 0.1) is 6.92 Å². The monoisotopic (exact) mass is 379 g/mol. The van der Waals surface area contributed by atoms with Crippen LogP contribution >= 0.6 is 0 Å². The van der Waals surface area contributed by atoms with Crippen molar-refractivity contribution in [2.24, 2.45) is 0 Å². The van der Waals surface area contributed by atoms with Crippen molar-refractivity contribution in [3.63, 3.8) is 0 Å². The van der Waals surface area contributed by atoms with Gasteiger partial charge in [-0.3, -0.25) is 9.59 Å². The molecule has 7 nitrogen and oxygen atoms in total. The Balaban J connectivity index is 1.98. The van der Waals surface area contributed by atoms with Gasteiger partial charge in [0, 0.05) is 11.1 Å². The molecule has 1 amide bonds. The molecule has 3 rings (SSSR count). The highest BCUT2D eigenvalue weighted by Crippen LogP contribution is 2.27. The summed E-state index contributed by atoms with van der Waals surface area (Å²) in [5, 5.41) is 16.6. The van der Waals surface area contributed by atoms with Gasteiger partial charge >= 0.3 is 5.97 Å². The van der Waals surface area contributed by atoms with Gasteiger partial charge in [0.05, 0.1) is 5.39 Å². The highest BCUT2D eigenvalue weighted by molar-refractivity contribution is 6.01. The molecule has 0 aliphatic rings. The standard InChI is InChI=1S/C21H21N3O4/c1-12(2)14-10-6-7-13(3)18(14)22-17(25)11-24-20(26)16-9-5-4-8-15(16)19(23-24)21(27)28/h4-10,12H,11H2,1-3H3,(H,22,25)(H,27,28). The number of para-hydroxylation sites is 1. The second-order valence-electron chi connectivity index (χ2n) is 6.90. The average Bonchev–Trinajstić information content (AvgIpc) is 2.65. The second kappa shape index (κ2) is 7.64. The highest BCUT2D eigenvalue weighted by atomic mass is 16.4. The molecule has 0 aliphatic carbocycles. The topological polar surface area (TPSA) is 101 Å². The van der Waals surface area contributed by atoms with Crippen LogP contribution in [0.25, 0.3) is 10.8 Å². The minimum absolute atomic E-state index is 0.204. The molecule has 1 heterocycles. The van der Waals surface area contributed by atoms with Crippen LogP contribution in [0.1, 0.15) is 41.4 Å². The molecule has 0 saturated heterocycles. The van der Waals surface area contributed by atoms with E-state index in [1.54, 1.807) is 12.1 Å². The van der Waals surface area contributed by atoms with Gasteiger partial charge in [-0.25, -0.2) is 9.48 Å². The number of carboxylic acids is 1. The molecule has 0 unspecified atom stereocenters. The Labute approximate surface area is 161 Å². The number of fused-ring (bicyclic) bond motifs is 1. The van der Waals surface area contributed by atoms with E-state index >= 15 is 0 Å². The van der Waals surface area contributed by atoms with Gasteiger partial charge in [0.15, 0.2) is 5.69 Å². The number of amides is 1. The summed E-state index contributed by atoms with van der Waals surface area (Å²) in [6.07, 6.45) is 0. The Morgan fingerprint density at radius 2 is 1.79 bits per heavy atom. The minimum atomic E-state index is -1.26. The van der Waals surface area contributed by atoms with Crippen molar-refractivity contribution in [1.29, 1.82) is 0 Å². The zero-order chi connectivity index (χ0) is 20.4. The molecule has 0 bridgehead atoms. The van der Waals surface area contributed by atoms with Gasteiger partial charge in [-0.05, 0) is 30.0 Å². The van der Waals surface area contributed by atoms with Crippen molar-refractivity contribution in [2.75, 3.05) is 5.32 Å². The molecule has 0 radical (unpaired) electrons. The summed E-state index contributed by atoms with van der Waals surface area (Å²) in [7, 11) is 0. The number of aromatic carboxylic acids is 1. The molecule has 28 heavy (non-hydrogen) atoms. The van der Waals surface area contributed by atoms with Gasteiger partial charge in [0.25, 0.3) is 5.56 Å². The molecular formula is C21H21N3O4. The highest BCUT2D eigenvalue weighted by Gasteiger charge is 2.18. The number of hydrogen-bond donors (Lipinski definition) is 2. The van der Waals surface area contributed by atoms with Crippen LogP contribution in [0.15, 0.2) is 47.3 Å². The third-order valence-electron chi connectivity index (χ3n) is 4.56. The van der Waals surface area contributed by atoms with E-state index in [2.05, 4.69) is 10.4 Å². The first kappa shape index (κ1) is 19.3. The maximum Gasteiger partial charge on any atom is 0.357 e. The Morgan fingerprint density at radius 1 is 1.11 bits per heavy atom. The quantitative estimate of drug-likeness (QED) is 0.709. The minimum Gasteiger partial charge on any atom is -0.476 e. The van der Waals surface area contributed by atoms with Crippen molar-refractivity contribution >= 4 is 28.3 Å². The fraction of sp³-hybridized carbons (Fsp3) is 0.238. The van der Waals surface area contributed by atoms with E-state index < -0.39 is 17.4 Å². The first-order valence-electron chi connectivity index (χ1n) is 8.92. The maximum absolute atomic E-state index is 12.7. The summed E-state index contributed by atoms with van der Waals surface area (Å²) < 4.78 is 0.897. The number of carbonyl (C=O) groups excluding carboxylic acids is 1. The zero-order valence-corrected chi connectivity index (χ0v) is 15.9. The van der Waals surface area contributed by atoms with E-state index in [4.69, 9.17) is 0 Å². The number of rotatable bonds is 5. The number of aryl methyl sites for hydroxylation is 1. The third-order valence-corrected chi connectivity index (χ3v) is 4.56. The molecule has 144 valence electrons. The van der Waals surface area contributed by atoms with Gasteiger partial charge in [0.2, 0.25) is 5.91 Å². The fourth-order valence-electron chi connectivity index (χ4n) is 3.16. The molecule has 2 N–H and O–H groups in total.